The van der Waals surface area contributed by atoms with E-state index in [4.69, 9.17) is 9.97 Å². The molecule has 2 heterocycles. The average molecular weight is 449 g/mol. The summed E-state index contributed by atoms with van der Waals surface area (Å²) in [5, 5.41) is 0. The Balaban J connectivity index is 1.98. The molecule has 1 aliphatic heterocycles. The van der Waals surface area contributed by atoms with E-state index in [1.807, 2.05) is 0 Å². The lowest BCUT2D eigenvalue weighted by atomic mass is 10.0. The van der Waals surface area contributed by atoms with Crippen LogP contribution in [0.25, 0.3) is 0 Å². The lowest BCUT2D eigenvalue weighted by Gasteiger charge is -2.36. The quantitative estimate of drug-likeness (QED) is 0.615. The fourth-order valence-corrected chi connectivity index (χ4v) is 4.93. The van der Waals surface area contributed by atoms with E-state index in [1.54, 1.807) is 23.4 Å². The maximum Gasteiger partial charge on any atom is 0.213 e. The van der Waals surface area contributed by atoms with Gasteiger partial charge in [-0.15, -0.1) is 0 Å². The van der Waals surface area contributed by atoms with Crippen molar-refractivity contribution in [3.8, 4) is 0 Å². The van der Waals surface area contributed by atoms with Gasteiger partial charge in [-0.3, -0.25) is 0 Å². The van der Waals surface area contributed by atoms with Gasteiger partial charge in [0.05, 0.1) is 5.75 Å². The van der Waals surface area contributed by atoms with Crippen molar-refractivity contribution >= 4 is 15.8 Å². The molecule has 1 fully saturated rings. The van der Waals surface area contributed by atoms with Crippen molar-refractivity contribution in [2.24, 2.45) is 0 Å². The zero-order valence-corrected chi connectivity index (χ0v) is 19.8. The van der Waals surface area contributed by atoms with Crippen molar-refractivity contribution in [2.45, 2.75) is 52.9 Å². The first kappa shape index (κ1) is 23.6. The summed E-state index contributed by atoms with van der Waals surface area (Å²) in [6.45, 7) is 10.1. The number of nitrogens with zero attached hydrogens (tertiary/aromatic N) is 4. The Hall–Kier alpha value is -2.06. The lowest BCUT2D eigenvalue weighted by Crippen LogP contribution is -2.49. The topological polar surface area (TPSA) is 66.4 Å². The van der Waals surface area contributed by atoms with Gasteiger partial charge in [-0.05, 0) is 37.5 Å². The third-order valence-corrected chi connectivity index (χ3v) is 7.95. The predicted molar refractivity (Wildman–Crippen MR) is 123 cm³/mol. The molecule has 170 valence electrons. The zero-order chi connectivity index (χ0) is 22.6. The molecule has 0 unspecified atom stereocenters. The van der Waals surface area contributed by atoms with Crippen LogP contribution in [0.3, 0.4) is 0 Å². The van der Waals surface area contributed by atoms with Gasteiger partial charge in [0.2, 0.25) is 10.0 Å². The van der Waals surface area contributed by atoms with Crippen LogP contribution < -0.4 is 4.90 Å². The van der Waals surface area contributed by atoms with Crippen molar-refractivity contribution in [2.75, 3.05) is 36.8 Å². The number of anilines is 1. The summed E-state index contributed by atoms with van der Waals surface area (Å²) in [7, 11) is -3.19. The van der Waals surface area contributed by atoms with Crippen LogP contribution in [0.2, 0.25) is 0 Å². The highest BCUT2D eigenvalue weighted by Gasteiger charge is 2.28. The van der Waals surface area contributed by atoms with Crippen LogP contribution in [0, 0.1) is 5.82 Å². The number of hydrogen-bond donors (Lipinski definition) is 0. The Labute approximate surface area is 185 Å². The van der Waals surface area contributed by atoms with Gasteiger partial charge >= 0.3 is 0 Å². The van der Waals surface area contributed by atoms with Crippen molar-refractivity contribution in [3.63, 3.8) is 0 Å². The van der Waals surface area contributed by atoms with Gasteiger partial charge in [-0.25, -0.2) is 22.8 Å². The minimum Gasteiger partial charge on any atom is -0.354 e. The Morgan fingerprint density at radius 2 is 1.68 bits per heavy atom. The standard InChI is InChI=1S/C23H33FN4O2S/c1-5-17(4)22-25-21(6-2)20(16-18-8-10-19(24)11-9-18)23(26-22)27-12-14-28(15-13-27)31(29,30)7-3/h8-11,17H,5-7,12-16H2,1-4H3/t17-/m0/s1. The van der Waals surface area contributed by atoms with E-state index in [1.165, 1.54) is 12.1 Å². The number of halogens is 1. The van der Waals surface area contributed by atoms with Gasteiger partial charge in [0.25, 0.3) is 0 Å². The van der Waals surface area contributed by atoms with Gasteiger partial charge in [0.15, 0.2) is 0 Å². The van der Waals surface area contributed by atoms with Crippen LogP contribution in [0.4, 0.5) is 10.2 Å². The Bertz CT molecular complexity index is 987. The third-order valence-electron chi connectivity index (χ3n) is 6.07. The van der Waals surface area contributed by atoms with E-state index < -0.39 is 10.0 Å². The van der Waals surface area contributed by atoms with Crippen LogP contribution in [0.1, 0.15) is 62.7 Å². The molecule has 3 rings (SSSR count). The fourth-order valence-electron chi connectivity index (χ4n) is 3.84. The van der Waals surface area contributed by atoms with Gasteiger partial charge in [0, 0.05) is 49.8 Å². The first-order valence-corrected chi connectivity index (χ1v) is 12.8. The lowest BCUT2D eigenvalue weighted by molar-refractivity contribution is 0.384. The summed E-state index contributed by atoms with van der Waals surface area (Å²) >= 11 is 0. The summed E-state index contributed by atoms with van der Waals surface area (Å²) < 4.78 is 39.5. The molecule has 0 bridgehead atoms. The predicted octanol–water partition coefficient (Wildman–Crippen LogP) is 3.75. The van der Waals surface area contributed by atoms with Gasteiger partial charge in [-0.2, -0.15) is 4.31 Å². The molecule has 1 aromatic carbocycles. The Morgan fingerprint density at radius 3 is 2.23 bits per heavy atom. The van der Waals surface area contributed by atoms with Crippen LogP contribution in [0.15, 0.2) is 24.3 Å². The normalized spacial score (nSPS) is 16.5. The van der Waals surface area contributed by atoms with E-state index in [0.29, 0.717) is 32.6 Å². The van der Waals surface area contributed by atoms with E-state index in [9.17, 15) is 12.8 Å². The molecule has 1 aliphatic rings. The molecule has 6 nitrogen and oxygen atoms in total. The molecule has 1 atom stereocenters. The summed E-state index contributed by atoms with van der Waals surface area (Å²) in [5.74, 6) is 1.83. The smallest absolute Gasteiger partial charge is 0.213 e. The minimum absolute atomic E-state index is 0.120. The Morgan fingerprint density at radius 1 is 1.03 bits per heavy atom. The first-order chi connectivity index (χ1) is 14.8. The maximum absolute atomic E-state index is 13.4. The molecular formula is C23H33FN4O2S. The van der Waals surface area contributed by atoms with Crippen LogP contribution in [-0.2, 0) is 22.9 Å². The number of hydrogen-bond acceptors (Lipinski definition) is 5. The van der Waals surface area contributed by atoms with Crippen LogP contribution in [0.5, 0.6) is 0 Å². The molecule has 0 N–H and O–H groups in total. The highest BCUT2D eigenvalue weighted by molar-refractivity contribution is 7.89. The first-order valence-electron chi connectivity index (χ1n) is 11.2. The molecule has 1 saturated heterocycles. The fraction of sp³-hybridized carbons (Fsp3) is 0.565. The number of piperazine rings is 1. The van der Waals surface area contributed by atoms with E-state index in [2.05, 4.69) is 25.7 Å². The number of aromatic nitrogens is 2. The molecule has 0 spiro atoms. The molecule has 1 aromatic heterocycles. The van der Waals surface area contributed by atoms with Crippen molar-refractivity contribution < 1.29 is 12.8 Å². The number of rotatable bonds is 8. The van der Waals surface area contributed by atoms with Crippen molar-refractivity contribution in [1.29, 1.82) is 0 Å². The molecule has 0 saturated carbocycles. The summed E-state index contributed by atoms with van der Waals surface area (Å²) in [5.41, 5.74) is 3.06. The van der Waals surface area contributed by atoms with Crippen molar-refractivity contribution in [1.82, 2.24) is 14.3 Å². The summed E-state index contributed by atoms with van der Waals surface area (Å²) in [6.07, 6.45) is 2.34. The number of sulfonamides is 1. The van der Waals surface area contributed by atoms with E-state index >= 15 is 0 Å². The molecule has 0 aliphatic carbocycles. The van der Waals surface area contributed by atoms with Gasteiger partial charge in [0.1, 0.15) is 17.5 Å². The molecule has 31 heavy (non-hydrogen) atoms. The molecular weight excluding hydrogens is 415 g/mol. The van der Waals surface area contributed by atoms with Crippen molar-refractivity contribution in [3.05, 3.63) is 52.7 Å². The molecule has 0 amide bonds. The summed E-state index contributed by atoms with van der Waals surface area (Å²) in [6, 6.07) is 6.55. The Kier molecular flexibility index (Phi) is 7.64. The van der Waals surface area contributed by atoms with Crippen LogP contribution >= 0.6 is 0 Å². The SMILES string of the molecule is CCc1nc([C@@H](C)CC)nc(N2CCN(S(=O)(=O)CC)CC2)c1Cc1ccc(F)cc1. The zero-order valence-electron chi connectivity index (χ0n) is 18.9. The van der Waals surface area contributed by atoms with E-state index in [-0.39, 0.29) is 17.5 Å². The number of aryl methyl sites for hydroxylation is 1. The largest absolute Gasteiger partial charge is 0.354 e. The summed E-state index contributed by atoms with van der Waals surface area (Å²) in [4.78, 5) is 12.0. The average Bonchev–Trinajstić information content (AvgIpc) is 2.80. The van der Waals surface area contributed by atoms with E-state index in [0.717, 1.165) is 41.3 Å². The molecule has 2 aromatic rings. The second-order valence-electron chi connectivity index (χ2n) is 8.08. The van der Waals surface area contributed by atoms with Gasteiger partial charge < -0.3 is 4.90 Å². The monoisotopic (exact) mass is 448 g/mol. The van der Waals surface area contributed by atoms with Crippen LogP contribution in [-0.4, -0.2) is 54.6 Å². The third kappa shape index (κ3) is 5.41. The second kappa shape index (κ2) is 10.0. The highest BCUT2D eigenvalue weighted by atomic mass is 32.2. The maximum atomic E-state index is 13.4. The second-order valence-corrected chi connectivity index (χ2v) is 10.3. The number of benzene rings is 1. The van der Waals surface area contributed by atoms with Gasteiger partial charge in [-0.1, -0.05) is 32.9 Å². The molecule has 0 radical (unpaired) electrons. The highest BCUT2D eigenvalue weighted by Crippen LogP contribution is 2.29. The minimum atomic E-state index is -3.19. The molecule has 8 heteroatoms.